The predicted molar refractivity (Wildman–Crippen MR) is 141 cm³/mol. The summed E-state index contributed by atoms with van der Waals surface area (Å²) in [5, 5.41) is 15.5. The van der Waals surface area contributed by atoms with Crippen molar-refractivity contribution in [2.24, 2.45) is 0 Å². The van der Waals surface area contributed by atoms with Crippen LogP contribution in [0.25, 0.3) is 16.7 Å². The number of fused-ring (bicyclic) bond motifs is 1. The van der Waals surface area contributed by atoms with Gasteiger partial charge in [0, 0.05) is 37.0 Å². The van der Waals surface area contributed by atoms with E-state index in [4.69, 9.17) is 9.47 Å². The summed E-state index contributed by atoms with van der Waals surface area (Å²) in [6.07, 6.45) is 0.818. The molecule has 0 spiro atoms. The van der Waals surface area contributed by atoms with Crippen LogP contribution in [0.15, 0.2) is 24.4 Å². The summed E-state index contributed by atoms with van der Waals surface area (Å²) in [6, 6.07) is 6.01. The number of halogens is 1. The summed E-state index contributed by atoms with van der Waals surface area (Å²) < 4.78 is 28.0. The molecule has 3 aromatic rings. The fourth-order valence-corrected chi connectivity index (χ4v) is 5.25. The number of nitrogens with zero attached hydrogens (tertiary/aromatic N) is 6. The maximum atomic E-state index is 15.5. The number of alkyl halides is 1. The highest BCUT2D eigenvalue weighted by Crippen LogP contribution is 2.36. The van der Waals surface area contributed by atoms with E-state index >= 15 is 4.39 Å². The number of ether oxygens (including phenoxy) is 2. The second-order valence-electron chi connectivity index (χ2n) is 11.1. The number of hydrogen-bond acceptors (Lipinski definition) is 8. The van der Waals surface area contributed by atoms with Gasteiger partial charge in [-0.2, -0.15) is 15.1 Å². The van der Waals surface area contributed by atoms with E-state index in [0.29, 0.717) is 44.1 Å². The van der Waals surface area contributed by atoms with Gasteiger partial charge in [-0.05, 0) is 63.8 Å². The third-order valence-corrected chi connectivity index (χ3v) is 7.11. The number of carbonyl (C=O) groups is 1. The smallest absolute Gasteiger partial charge is 0.410 e. The lowest BCUT2D eigenvalue weighted by Gasteiger charge is -2.36. The molecule has 0 radical (unpaired) electrons. The number of rotatable bonds is 4. The van der Waals surface area contributed by atoms with Gasteiger partial charge in [0.15, 0.2) is 5.82 Å². The Morgan fingerprint density at radius 1 is 1.11 bits per heavy atom. The van der Waals surface area contributed by atoms with Crippen molar-refractivity contribution in [3.05, 3.63) is 35.5 Å². The summed E-state index contributed by atoms with van der Waals surface area (Å²) in [6.45, 7) is 8.97. The van der Waals surface area contributed by atoms with E-state index in [1.807, 2.05) is 30.0 Å². The normalized spacial score (nSPS) is 22.2. The standard InChI is InChI=1S/C27H35FN6O4/c1-16-10-17-13-29-34(24-12-23(30-25(31-24)37-5)32-8-6-18(35)14-32)22(17)11-20(16)19-7-9-33(15-21(19)28)26(36)38-27(2,3)4/h10-13,18-19,21,35H,6-9,14-15H2,1-5H3/t18-,19+,21+/m0/s1. The molecule has 2 aliphatic rings. The fraction of sp³-hybridized carbons (Fsp3) is 0.556. The Bertz CT molecular complexity index is 1340. The highest BCUT2D eigenvalue weighted by molar-refractivity contribution is 5.82. The largest absolute Gasteiger partial charge is 0.467 e. The van der Waals surface area contributed by atoms with E-state index in [1.165, 1.54) is 12.0 Å². The van der Waals surface area contributed by atoms with Crippen LogP contribution in [-0.2, 0) is 4.74 Å². The van der Waals surface area contributed by atoms with Gasteiger partial charge in [-0.15, -0.1) is 0 Å². The Hall–Kier alpha value is -3.47. The molecule has 0 aliphatic carbocycles. The van der Waals surface area contributed by atoms with Gasteiger partial charge in [-0.1, -0.05) is 0 Å². The Kier molecular flexibility index (Phi) is 6.89. The summed E-state index contributed by atoms with van der Waals surface area (Å²) in [5.74, 6) is 0.815. The monoisotopic (exact) mass is 526 g/mol. The second kappa shape index (κ2) is 10.0. The maximum absolute atomic E-state index is 15.5. The first-order valence-electron chi connectivity index (χ1n) is 13.0. The van der Waals surface area contributed by atoms with Crippen molar-refractivity contribution in [3.63, 3.8) is 0 Å². The van der Waals surface area contributed by atoms with Crippen molar-refractivity contribution in [2.45, 2.75) is 64.3 Å². The number of carbonyl (C=O) groups excluding carboxylic acids is 1. The third kappa shape index (κ3) is 5.24. The van der Waals surface area contributed by atoms with Crippen molar-refractivity contribution in [1.29, 1.82) is 0 Å². The van der Waals surface area contributed by atoms with Crippen LogP contribution in [-0.4, -0.2) is 87.0 Å². The Balaban J connectivity index is 1.45. The van der Waals surface area contributed by atoms with E-state index in [-0.39, 0.29) is 18.5 Å². The minimum Gasteiger partial charge on any atom is -0.467 e. The van der Waals surface area contributed by atoms with Gasteiger partial charge in [-0.25, -0.2) is 13.9 Å². The van der Waals surface area contributed by atoms with E-state index in [2.05, 4.69) is 15.1 Å². The number of benzene rings is 1. The minimum absolute atomic E-state index is 0.00945. The van der Waals surface area contributed by atoms with E-state index in [9.17, 15) is 9.90 Å². The number of β-amino-alcohol motifs (C(OH)–C–C–N with tert-alkyl or cyclic N) is 1. The average Bonchev–Trinajstić information content (AvgIpc) is 3.48. The quantitative estimate of drug-likeness (QED) is 0.548. The number of hydrogen-bond donors (Lipinski definition) is 1. The van der Waals surface area contributed by atoms with Crippen molar-refractivity contribution in [3.8, 4) is 11.8 Å². The lowest BCUT2D eigenvalue weighted by molar-refractivity contribution is 0.0111. The molecule has 1 N–H and O–H groups in total. The molecule has 0 unspecified atom stereocenters. The molecule has 10 nitrogen and oxygen atoms in total. The van der Waals surface area contributed by atoms with Crippen LogP contribution in [0.4, 0.5) is 15.0 Å². The molecule has 4 heterocycles. The summed E-state index contributed by atoms with van der Waals surface area (Å²) in [5.41, 5.74) is 2.03. The zero-order valence-corrected chi connectivity index (χ0v) is 22.5. The van der Waals surface area contributed by atoms with E-state index in [1.54, 1.807) is 31.6 Å². The van der Waals surface area contributed by atoms with Gasteiger partial charge in [-0.3, -0.25) is 0 Å². The molecule has 5 rings (SSSR count). The first-order valence-corrected chi connectivity index (χ1v) is 13.0. The Morgan fingerprint density at radius 2 is 1.87 bits per heavy atom. The molecule has 38 heavy (non-hydrogen) atoms. The molecule has 11 heteroatoms. The molecule has 3 atom stereocenters. The number of aliphatic hydroxyl groups is 1. The van der Waals surface area contributed by atoms with Crippen molar-refractivity contribution < 1.29 is 23.8 Å². The minimum atomic E-state index is -1.23. The molecule has 2 aromatic heterocycles. The van der Waals surface area contributed by atoms with E-state index < -0.39 is 24.0 Å². The van der Waals surface area contributed by atoms with Crippen molar-refractivity contribution in [1.82, 2.24) is 24.6 Å². The van der Waals surface area contributed by atoms with Crippen LogP contribution < -0.4 is 9.64 Å². The summed E-state index contributed by atoms with van der Waals surface area (Å²) >= 11 is 0. The Labute approximate surface area is 221 Å². The van der Waals surface area contributed by atoms with Gasteiger partial charge in [0.25, 0.3) is 0 Å². The molecule has 0 saturated carbocycles. The first kappa shape index (κ1) is 26.1. The molecule has 1 aromatic carbocycles. The van der Waals surface area contributed by atoms with Crippen LogP contribution >= 0.6 is 0 Å². The van der Waals surface area contributed by atoms with Gasteiger partial charge in [0.2, 0.25) is 0 Å². The Morgan fingerprint density at radius 3 is 2.53 bits per heavy atom. The number of likely N-dealkylation sites (tertiary alicyclic amines) is 1. The molecule has 204 valence electrons. The molecule has 1 amide bonds. The number of methoxy groups -OCH3 is 1. The lowest BCUT2D eigenvalue weighted by Crippen LogP contribution is -2.46. The number of aromatic nitrogens is 4. The van der Waals surface area contributed by atoms with Crippen molar-refractivity contribution in [2.75, 3.05) is 38.2 Å². The maximum Gasteiger partial charge on any atom is 0.410 e. The summed E-state index contributed by atoms with van der Waals surface area (Å²) in [7, 11) is 1.51. The van der Waals surface area contributed by atoms with Crippen molar-refractivity contribution >= 4 is 22.8 Å². The van der Waals surface area contributed by atoms with Gasteiger partial charge >= 0.3 is 12.1 Å². The number of amides is 1. The SMILES string of the molecule is COc1nc(N2CC[C@H](O)C2)cc(-n2ncc3cc(C)c([C@H]4CCN(C(=O)OC(C)(C)C)C[C@H]4F)cc32)n1. The van der Waals surface area contributed by atoms with Gasteiger partial charge in [0.05, 0.1) is 31.5 Å². The average molecular weight is 527 g/mol. The number of piperidine rings is 1. The lowest BCUT2D eigenvalue weighted by atomic mass is 9.85. The van der Waals surface area contributed by atoms with Crippen LogP contribution in [0.2, 0.25) is 0 Å². The number of anilines is 1. The van der Waals surface area contributed by atoms with Gasteiger partial charge in [0.1, 0.15) is 17.6 Å². The molecule has 2 aliphatic heterocycles. The van der Waals surface area contributed by atoms with Gasteiger partial charge < -0.3 is 24.4 Å². The highest BCUT2D eigenvalue weighted by atomic mass is 19.1. The van der Waals surface area contributed by atoms with Crippen LogP contribution in [0.3, 0.4) is 0 Å². The fourth-order valence-electron chi connectivity index (χ4n) is 5.25. The molecular formula is C27H35FN6O4. The highest BCUT2D eigenvalue weighted by Gasteiger charge is 2.35. The van der Waals surface area contributed by atoms with Crippen LogP contribution in [0.1, 0.15) is 50.7 Å². The van der Waals surface area contributed by atoms with Crippen LogP contribution in [0, 0.1) is 6.92 Å². The number of aliphatic hydroxyl groups excluding tert-OH is 1. The molecular weight excluding hydrogens is 491 g/mol. The first-order chi connectivity index (χ1) is 18.0. The zero-order valence-electron chi connectivity index (χ0n) is 22.5. The second-order valence-corrected chi connectivity index (χ2v) is 11.1. The molecule has 2 saturated heterocycles. The topological polar surface area (TPSA) is 106 Å². The van der Waals surface area contributed by atoms with Crippen LogP contribution in [0.5, 0.6) is 6.01 Å². The molecule has 2 fully saturated rings. The number of aryl methyl sites for hydroxylation is 1. The summed E-state index contributed by atoms with van der Waals surface area (Å²) in [4.78, 5) is 24.9. The van der Waals surface area contributed by atoms with E-state index in [0.717, 1.165) is 22.0 Å². The molecule has 0 bridgehead atoms. The predicted octanol–water partition coefficient (Wildman–Crippen LogP) is 3.77. The third-order valence-electron chi connectivity index (χ3n) is 7.11. The zero-order chi connectivity index (χ0) is 27.2.